The summed E-state index contributed by atoms with van der Waals surface area (Å²) in [5, 5.41) is 16.0. The van der Waals surface area contributed by atoms with Gasteiger partial charge in [0.2, 0.25) is 0 Å². The van der Waals surface area contributed by atoms with Gasteiger partial charge in [-0.2, -0.15) is 5.26 Å². The lowest BCUT2D eigenvalue weighted by molar-refractivity contribution is 0.103. The SMILES string of the molecule is CCc1ccc(-c2c(C#N)c(N)nc3sc(C(=O)Nc4nc(-c5ccccc5Cl)cs4)c(N)c23)cc1. The lowest BCUT2D eigenvalue weighted by Crippen LogP contribution is -2.11. The Kier molecular flexibility index (Phi) is 6.33. The molecule has 3 aromatic heterocycles. The van der Waals surface area contributed by atoms with Crippen molar-refractivity contribution in [1.29, 1.82) is 5.26 Å². The summed E-state index contributed by atoms with van der Waals surface area (Å²) >= 11 is 8.69. The van der Waals surface area contributed by atoms with E-state index in [0.29, 0.717) is 31.6 Å². The molecular formula is C26H19ClN6OS2. The molecule has 5 N–H and O–H groups in total. The molecule has 178 valence electrons. The maximum Gasteiger partial charge on any atom is 0.269 e. The number of thiazole rings is 1. The van der Waals surface area contributed by atoms with Gasteiger partial charge in [-0.1, -0.05) is 61.0 Å². The second-order valence-electron chi connectivity index (χ2n) is 7.91. The Morgan fingerprint density at radius 2 is 1.89 bits per heavy atom. The molecule has 0 atom stereocenters. The third-order valence-electron chi connectivity index (χ3n) is 5.75. The van der Waals surface area contributed by atoms with Crippen molar-refractivity contribution in [3.05, 3.63) is 74.9 Å². The molecule has 5 aromatic rings. The molecular weight excluding hydrogens is 512 g/mol. The fourth-order valence-corrected chi connectivity index (χ4v) is 5.87. The number of aryl methyl sites for hydroxylation is 1. The van der Waals surface area contributed by atoms with E-state index in [9.17, 15) is 10.1 Å². The number of aromatic nitrogens is 2. The Bertz CT molecular complexity index is 1670. The van der Waals surface area contributed by atoms with E-state index in [2.05, 4.69) is 28.3 Å². The van der Waals surface area contributed by atoms with E-state index in [1.807, 2.05) is 47.8 Å². The molecule has 1 amide bonds. The minimum absolute atomic E-state index is 0.0945. The number of nitrogens with zero attached hydrogens (tertiary/aromatic N) is 3. The zero-order chi connectivity index (χ0) is 25.4. The van der Waals surface area contributed by atoms with Crippen LogP contribution in [0.3, 0.4) is 0 Å². The monoisotopic (exact) mass is 530 g/mol. The normalized spacial score (nSPS) is 10.9. The predicted molar refractivity (Wildman–Crippen MR) is 148 cm³/mol. The number of benzene rings is 2. The second-order valence-corrected chi connectivity index (χ2v) is 10.2. The minimum atomic E-state index is -0.417. The Balaban J connectivity index is 1.55. The first-order chi connectivity index (χ1) is 17.4. The van der Waals surface area contributed by atoms with E-state index in [4.69, 9.17) is 23.1 Å². The first-order valence-electron chi connectivity index (χ1n) is 10.9. The van der Waals surface area contributed by atoms with Crippen LogP contribution in [-0.2, 0) is 6.42 Å². The van der Waals surface area contributed by atoms with Gasteiger partial charge in [0.05, 0.1) is 11.4 Å². The number of hydrogen-bond donors (Lipinski definition) is 3. The first-order valence-corrected chi connectivity index (χ1v) is 13.0. The van der Waals surface area contributed by atoms with Gasteiger partial charge in [-0.15, -0.1) is 22.7 Å². The summed E-state index contributed by atoms with van der Waals surface area (Å²) in [6, 6.07) is 17.4. The Labute approximate surface area is 220 Å². The fraction of sp³-hybridized carbons (Fsp3) is 0.0769. The average Bonchev–Trinajstić information content (AvgIpc) is 3.47. The summed E-state index contributed by atoms with van der Waals surface area (Å²) < 4.78 is 0. The van der Waals surface area contributed by atoms with E-state index < -0.39 is 5.91 Å². The van der Waals surface area contributed by atoms with Crippen LogP contribution in [0.1, 0.15) is 27.7 Å². The Morgan fingerprint density at radius 1 is 1.14 bits per heavy atom. The van der Waals surface area contributed by atoms with Crippen molar-refractivity contribution >= 4 is 67.0 Å². The number of thiophene rings is 1. The third kappa shape index (κ3) is 4.16. The molecule has 36 heavy (non-hydrogen) atoms. The van der Waals surface area contributed by atoms with Gasteiger partial charge in [0.25, 0.3) is 5.91 Å². The van der Waals surface area contributed by atoms with Crippen molar-refractivity contribution in [2.75, 3.05) is 16.8 Å². The number of rotatable bonds is 5. The second kappa shape index (κ2) is 9.59. The Morgan fingerprint density at radius 3 is 2.58 bits per heavy atom. The summed E-state index contributed by atoms with van der Waals surface area (Å²) in [7, 11) is 0. The predicted octanol–water partition coefficient (Wildman–Crippen LogP) is 6.59. The number of nitrogens with two attached hydrogens (primary N) is 2. The van der Waals surface area contributed by atoms with Gasteiger partial charge >= 0.3 is 0 Å². The van der Waals surface area contributed by atoms with Crippen LogP contribution in [0.25, 0.3) is 32.6 Å². The number of carbonyl (C=O) groups is 1. The Hall–Kier alpha value is -3.97. The van der Waals surface area contributed by atoms with Crippen molar-refractivity contribution in [1.82, 2.24) is 9.97 Å². The van der Waals surface area contributed by atoms with E-state index in [0.717, 1.165) is 34.4 Å². The van der Waals surface area contributed by atoms with Crippen molar-refractivity contribution in [3.63, 3.8) is 0 Å². The van der Waals surface area contributed by atoms with E-state index in [1.54, 1.807) is 6.07 Å². The summed E-state index contributed by atoms with van der Waals surface area (Å²) in [6.07, 6.45) is 0.888. The van der Waals surface area contributed by atoms with Gasteiger partial charge in [0, 0.05) is 26.9 Å². The van der Waals surface area contributed by atoms with Gasteiger partial charge in [-0.05, 0) is 23.6 Å². The van der Waals surface area contributed by atoms with Gasteiger partial charge in [-0.3, -0.25) is 10.1 Å². The topological polar surface area (TPSA) is 131 Å². The summed E-state index contributed by atoms with van der Waals surface area (Å²) in [5.41, 5.74) is 17.1. The van der Waals surface area contributed by atoms with Crippen LogP contribution in [0.5, 0.6) is 0 Å². The van der Waals surface area contributed by atoms with Crippen LogP contribution in [0.2, 0.25) is 5.02 Å². The highest BCUT2D eigenvalue weighted by atomic mass is 35.5. The minimum Gasteiger partial charge on any atom is -0.397 e. The number of nitriles is 1. The number of halogens is 1. The molecule has 0 aliphatic carbocycles. The summed E-state index contributed by atoms with van der Waals surface area (Å²) in [6.45, 7) is 2.07. The molecule has 7 nitrogen and oxygen atoms in total. The quantitative estimate of drug-likeness (QED) is 0.235. The molecule has 5 rings (SSSR count). The number of anilines is 3. The van der Waals surface area contributed by atoms with Crippen LogP contribution in [-0.4, -0.2) is 15.9 Å². The molecule has 0 bridgehead atoms. The zero-order valence-electron chi connectivity index (χ0n) is 19.0. The van der Waals surface area contributed by atoms with Crippen LogP contribution < -0.4 is 16.8 Å². The van der Waals surface area contributed by atoms with Crippen molar-refractivity contribution in [2.24, 2.45) is 0 Å². The fourth-order valence-electron chi connectivity index (χ4n) is 3.93. The molecule has 0 spiro atoms. The largest absolute Gasteiger partial charge is 0.397 e. The maximum atomic E-state index is 13.2. The van der Waals surface area contributed by atoms with Crippen molar-refractivity contribution in [3.8, 4) is 28.5 Å². The molecule has 2 aromatic carbocycles. The number of pyridine rings is 1. The van der Waals surface area contributed by atoms with Crippen LogP contribution in [0.4, 0.5) is 16.6 Å². The molecule has 0 unspecified atom stereocenters. The van der Waals surface area contributed by atoms with Gasteiger partial charge < -0.3 is 11.5 Å². The number of carbonyl (C=O) groups excluding carboxylic acids is 1. The lowest BCUT2D eigenvalue weighted by Gasteiger charge is -2.10. The molecule has 0 aliphatic heterocycles. The molecule has 0 fully saturated rings. The molecule has 0 saturated heterocycles. The number of amides is 1. The average molecular weight is 531 g/mol. The van der Waals surface area contributed by atoms with Crippen LogP contribution in [0, 0.1) is 11.3 Å². The number of fused-ring (bicyclic) bond motifs is 1. The highest BCUT2D eigenvalue weighted by Gasteiger charge is 2.25. The van der Waals surface area contributed by atoms with Crippen molar-refractivity contribution < 1.29 is 4.79 Å². The molecule has 0 radical (unpaired) electrons. The maximum absolute atomic E-state index is 13.2. The third-order valence-corrected chi connectivity index (χ3v) is 7.93. The number of hydrogen-bond acceptors (Lipinski definition) is 8. The van der Waals surface area contributed by atoms with E-state index in [-0.39, 0.29) is 21.9 Å². The van der Waals surface area contributed by atoms with E-state index >= 15 is 0 Å². The zero-order valence-corrected chi connectivity index (χ0v) is 21.4. The molecule has 3 heterocycles. The summed E-state index contributed by atoms with van der Waals surface area (Å²) in [5.74, 6) is -0.322. The molecule has 0 saturated carbocycles. The van der Waals surface area contributed by atoms with Crippen LogP contribution >= 0.6 is 34.3 Å². The lowest BCUT2D eigenvalue weighted by atomic mass is 9.96. The van der Waals surface area contributed by atoms with Crippen molar-refractivity contribution in [2.45, 2.75) is 13.3 Å². The number of nitrogens with one attached hydrogen (secondary N) is 1. The molecule has 0 aliphatic rings. The highest BCUT2D eigenvalue weighted by molar-refractivity contribution is 7.21. The smallest absolute Gasteiger partial charge is 0.269 e. The highest BCUT2D eigenvalue weighted by Crippen LogP contribution is 2.43. The van der Waals surface area contributed by atoms with Gasteiger partial charge in [0.1, 0.15) is 27.2 Å². The van der Waals surface area contributed by atoms with Gasteiger partial charge in [0.15, 0.2) is 5.13 Å². The first kappa shape index (κ1) is 23.8. The number of nitrogen functional groups attached to an aromatic ring is 2. The standard InChI is InChI=1S/C26H19ClN6OS2/c1-2-13-7-9-14(10-8-13)19-16(11-28)23(30)32-25-20(19)21(29)22(36-25)24(34)33-26-31-18(12-35-26)15-5-3-4-6-17(15)27/h3-10,12H,2,29H2,1H3,(H2,30,32)(H,31,33,34). The molecule has 10 heteroatoms. The van der Waals surface area contributed by atoms with Crippen LogP contribution in [0.15, 0.2) is 53.9 Å². The summed E-state index contributed by atoms with van der Waals surface area (Å²) in [4.78, 5) is 22.9. The van der Waals surface area contributed by atoms with Gasteiger partial charge in [-0.25, -0.2) is 9.97 Å². The van der Waals surface area contributed by atoms with E-state index in [1.165, 1.54) is 11.3 Å².